The summed E-state index contributed by atoms with van der Waals surface area (Å²) >= 11 is 0. The van der Waals surface area contributed by atoms with Crippen molar-refractivity contribution in [1.29, 1.82) is 0 Å². The van der Waals surface area contributed by atoms with Crippen LogP contribution < -0.4 is 0 Å². The highest BCUT2D eigenvalue weighted by molar-refractivity contribution is 7.47. The molecule has 19 heteroatoms. The summed E-state index contributed by atoms with van der Waals surface area (Å²) in [5, 5.41) is 10.6. The second kappa shape index (κ2) is 58.2. The maximum absolute atomic E-state index is 13.0. The number of esters is 4. The number of phosphoric acid groups is 2. The summed E-state index contributed by atoms with van der Waals surface area (Å²) in [7, 11) is -9.89. The minimum Gasteiger partial charge on any atom is -0.462 e. The van der Waals surface area contributed by atoms with Crippen LogP contribution in [-0.4, -0.2) is 96.7 Å². The largest absolute Gasteiger partial charge is 0.472 e. The average Bonchev–Trinajstić information content (AvgIpc) is 3.68. The lowest BCUT2D eigenvalue weighted by atomic mass is 10.00. The number of unbranched alkanes of at least 4 members (excludes halogenated alkanes) is 32. The molecule has 0 saturated heterocycles. The predicted molar refractivity (Wildman–Crippen MR) is 344 cm³/mol. The highest BCUT2D eigenvalue weighted by Gasteiger charge is 2.30. The van der Waals surface area contributed by atoms with Crippen LogP contribution >= 0.6 is 15.6 Å². The Kier molecular flexibility index (Phi) is 56.9. The Morgan fingerprint density at radius 1 is 0.337 bits per heavy atom. The molecule has 0 spiro atoms. The maximum atomic E-state index is 13.0. The van der Waals surface area contributed by atoms with Crippen LogP contribution in [0, 0.1) is 17.8 Å². The van der Waals surface area contributed by atoms with E-state index < -0.39 is 97.5 Å². The van der Waals surface area contributed by atoms with Gasteiger partial charge in [-0.15, -0.1) is 0 Å². The number of hydrogen-bond acceptors (Lipinski definition) is 15. The molecule has 0 radical (unpaired) electrons. The number of hydrogen-bond donors (Lipinski definition) is 3. The normalized spacial score (nSPS) is 14.6. The Morgan fingerprint density at radius 3 is 0.884 bits per heavy atom. The molecule has 510 valence electrons. The third-order valence-electron chi connectivity index (χ3n) is 15.7. The highest BCUT2D eigenvalue weighted by atomic mass is 31.2. The molecule has 0 fully saturated rings. The monoisotopic (exact) mass is 1270 g/mol. The Morgan fingerprint density at radius 2 is 0.593 bits per heavy atom. The zero-order valence-electron chi connectivity index (χ0n) is 55.8. The van der Waals surface area contributed by atoms with Crippen LogP contribution in [0.5, 0.6) is 0 Å². The van der Waals surface area contributed by atoms with Gasteiger partial charge in [0.25, 0.3) is 0 Å². The first kappa shape index (κ1) is 84.1. The third kappa shape index (κ3) is 59.7. The molecule has 0 aliphatic rings. The molecule has 0 aromatic rings. The Bertz CT molecular complexity index is 1700. The van der Waals surface area contributed by atoms with Crippen LogP contribution in [0.1, 0.15) is 331 Å². The van der Waals surface area contributed by atoms with Crippen molar-refractivity contribution in [2.75, 3.05) is 39.6 Å². The standard InChI is InChI=1S/C67H130O17P2/c1-8-10-11-12-13-14-17-21-26-34-41-48-64(69)77-54-62(83-66(71)50-43-36-27-22-19-16-15-18-20-24-31-38-45-58(3)4)56-81-85(73,74)79-52-61(68)53-80-86(75,76)82-57-63(84-67(72)51-44-37-28-23-25-32-39-46-59(5)6)55-78-65(70)49-42-35-30-29-33-40-47-60(7)9-2/h58-63,68H,8-57H2,1-7H3,(H,73,74)(H,75,76)/t60?,61-,62-,63-/m1/s1. The van der Waals surface area contributed by atoms with Crippen LogP contribution in [0.3, 0.4) is 0 Å². The summed E-state index contributed by atoms with van der Waals surface area (Å²) < 4.78 is 68.1. The minimum atomic E-state index is -4.95. The number of ether oxygens (including phenoxy) is 4. The second-order valence-electron chi connectivity index (χ2n) is 25.4. The van der Waals surface area contributed by atoms with Gasteiger partial charge in [0, 0.05) is 25.7 Å². The second-order valence-corrected chi connectivity index (χ2v) is 28.3. The molecule has 3 unspecified atom stereocenters. The summed E-state index contributed by atoms with van der Waals surface area (Å²) in [6.45, 7) is 11.7. The van der Waals surface area contributed by atoms with Gasteiger partial charge in [0.1, 0.15) is 19.3 Å². The lowest BCUT2D eigenvalue weighted by Gasteiger charge is -2.21. The van der Waals surface area contributed by atoms with E-state index in [0.717, 1.165) is 108 Å². The van der Waals surface area contributed by atoms with Gasteiger partial charge in [0.2, 0.25) is 0 Å². The van der Waals surface area contributed by atoms with Crippen molar-refractivity contribution in [3.05, 3.63) is 0 Å². The molecule has 0 bridgehead atoms. The molecule has 17 nitrogen and oxygen atoms in total. The first-order valence-corrected chi connectivity index (χ1v) is 37.9. The molecule has 3 N–H and O–H groups in total. The number of phosphoric ester groups is 2. The van der Waals surface area contributed by atoms with Crippen molar-refractivity contribution in [2.45, 2.75) is 349 Å². The zero-order valence-corrected chi connectivity index (χ0v) is 57.6. The quantitative estimate of drug-likeness (QED) is 0.0222. The van der Waals surface area contributed by atoms with Crippen molar-refractivity contribution in [3.63, 3.8) is 0 Å². The summed E-state index contributed by atoms with van der Waals surface area (Å²) in [6.07, 6.45) is 40.4. The summed E-state index contributed by atoms with van der Waals surface area (Å²) in [5.41, 5.74) is 0. The van der Waals surface area contributed by atoms with Gasteiger partial charge in [-0.05, 0) is 43.4 Å². The van der Waals surface area contributed by atoms with E-state index in [1.54, 1.807) is 0 Å². The smallest absolute Gasteiger partial charge is 0.462 e. The van der Waals surface area contributed by atoms with Crippen LogP contribution in [0.25, 0.3) is 0 Å². The van der Waals surface area contributed by atoms with E-state index in [-0.39, 0.29) is 25.7 Å². The van der Waals surface area contributed by atoms with Crippen molar-refractivity contribution >= 4 is 39.5 Å². The number of rotatable bonds is 65. The summed E-state index contributed by atoms with van der Waals surface area (Å²) in [6, 6.07) is 0. The molecule has 0 heterocycles. The van der Waals surface area contributed by atoms with E-state index in [1.807, 2.05) is 0 Å². The first-order valence-electron chi connectivity index (χ1n) is 34.9. The van der Waals surface area contributed by atoms with Crippen molar-refractivity contribution in [2.24, 2.45) is 17.8 Å². The molecule has 0 saturated carbocycles. The lowest BCUT2D eigenvalue weighted by molar-refractivity contribution is -0.161. The Hall–Kier alpha value is -1.94. The van der Waals surface area contributed by atoms with Gasteiger partial charge in [0.05, 0.1) is 26.4 Å². The lowest BCUT2D eigenvalue weighted by Crippen LogP contribution is -2.30. The SMILES string of the molecule is CCCCCCCCCCCCCC(=O)OC[C@H](COP(=O)(O)OC[C@@H](O)COP(=O)(O)OC[C@@H](COC(=O)CCCCCCCCC(C)CC)OC(=O)CCCCCCCCCC(C)C)OC(=O)CCCCCCCCCCCCCCC(C)C. The Labute approximate surface area is 524 Å². The first-order chi connectivity index (χ1) is 41.3. The summed E-state index contributed by atoms with van der Waals surface area (Å²) in [4.78, 5) is 72.3. The highest BCUT2D eigenvalue weighted by Crippen LogP contribution is 2.45. The van der Waals surface area contributed by atoms with Crippen LogP contribution in [0.4, 0.5) is 0 Å². The number of aliphatic hydroxyl groups is 1. The molecule has 0 aliphatic heterocycles. The fraction of sp³-hybridized carbons (Fsp3) is 0.940. The van der Waals surface area contributed by atoms with Crippen LogP contribution in [0.15, 0.2) is 0 Å². The fourth-order valence-electron chi connectivity index (χ4n) is 9.98. The molecule has 0 aromatic carbocycles. The molecule has 6 atom stereocenters. The maximum Gasteiger partial charge on any atom is 0.472 e. The number of carbonyl (C=O) groups is 4. The van der Waals surface area contributed by atoms with Crippen molar-refractivity contribution < 1.29 is 80.2 Å². The molecular formula is C67H130O17P2. The number of carbonyl (C=O) groups excluding carboxylic acids is 4. The van der Waals surface area contributed by atoms with Gasteiger partial charge in [-0.25, -0.2) is 9.13 Å². The van der Waals surface area contributed by atoms with Gasteiger partial charge < -0.3 is 33.8 Å². The minimum absolute atomic E-state index is 0.102. The fourth-order valence-corrected chi connectivity index (χ4v) is 11.6. The van der Waals surface area contributed by atoms with E-state index in [9.17, 15) is 43.2 Å². The van der Waals surface area contributed by atoms with E-state index in [1.165, 1.54) is 135 Å². The van der Waals surface area contributed by atoms with Gasteiger partial charge in [-0.2, -0.15) is 0 Å². The van der Waals surface area contributed by atoms with Crippen LogP contribution in [0.2, 0.25) is 0 Å². The van der Waals surface area contributed by atoms with Crippen molar-refractivity contribution in [3.8, 4) is 0 Å². The number of aliphatic hydroxyl groups excluding tert-OH is 1. The van der Waals surface area contributed by atoms with E-state index >= 15 is 0 Å². The third-order valence-corrected chi connectivity index (χ3v) is 17.6. The van der Waals surface area contributed by atoms with E-state index in [2.05, 4.69) is 48.5 Å². The zero-order chi connectivity index (χ0) is 63.8. The average molecular weight is 1270 g/mol. The van der Waals surface area contributed by atoms with Crippen LogP contribution in [-0.2, 0) is 65.4 Å². The molecule has 0 rings (SSSR count). The van der Waals surface area contributed by atoms with Gasteiger partial charge >= 0.3 is 39.5 Å². The summed E-state index contributed by atoms with van der Waals surface area (Å²) in [5.74, 6) is 0.0702. The molecule has 86 heavy (non-hydrogen) atoms. The topological polar surface area (TPSA) is 237 Å². The van der Waals surface area contributed by atoms with Gasteiger partial charge in [-0.3, -0.25) is 37.3 Å². The molecule has 0 aromatic heterocycles. The van der Waals surface area contributed by atoms with E-state index in [0.29, 0.717) is 31.6 Å². The Balaban J connectivity index is 5.25. The molecule has 0 amide bonds. The van der Waals surface area contributed by atoms with E-state index in [4.69, 9.17) is 37.0 Å². The predicted octanol–water partition coefficient (Wildman–Crippen LogP) is 18.7. The molecular weight excluding hydrogens is 1140 g/mol. The van der Waals surface area contributed by atoms with Gasteiger partial charge in [-0.1, -0.05) is 280 Å². The van der Waals surface area contributed by atoms with Gasteiger partial charge in [0.15, 0.2) is 12.2 Å². The molecule has 0 aliphatic carbocycles. The van der Waals surface area contributed by atoms with Crippen molar-refractivity contribution in [1.82, 2.24) is 0 Å².